The Morgan fingerprint density at radius 1 is 0.929 bits per heavy atom. The summed E-state index contributed by atoms with van der Waals surface area (Å²) in [6, 6.07) is 0. The molecule has 0 heterocycles. The van der Waals surface area contributed by atoms with Crippen LogP contribution in [0, 0.1) is 0 Å². The van der Waals surface area contributed by atoms with Crippen LogP contribution in [-0.2, 0) is 9.47 Å². The van der Waals surface area contributed by atoms with E-state index in [1.54, 1.807) is 7.11 Å². The SMILES string of the molecule is CCCCCCCOC(CCC)OC. The molecule has 0 aliphatic heterocycles. The van der Waals surface area contributed by atoms with Crippen LogP contribution in [0.2, 0.25) is 0 Å². The van der Waals surface area contributed by atoms with Crippen LogP contribution in [-0.4, -0.2) is 20.0 Å². The summed E-state index contributed by atoms with van der Waals surface area (Å²) >= 11 is 0. The van der Waals surface area contributed by atoms with Crippen LogP contribution in [0.1, 0.15) is 58.8 Å². The molecule has 0 aliphatic carbocycles. The lowest BCUT2D eigenvalue weighted by atomic mass is 10.2. The number of hydrogen-bond donors (Lipinski definition) is 0. The Morgan fingerprint density at radius 2 is 1.64 bits per heavy atom. The summed E-state index contributed by atoms with van der Waals surface area (Å²) in [4.78, 5) is 0. The number of rotatable bonds is 10. The molecule has 1 unspecified atom stereocenters. The monoisotopic (exact) mass is 202 g/mol. The first kappa shape index (κ1) is 13.9. The summed E-state index contributed by atoms with van der Waals surface area (Å²) in [5.41, 5.74) is 0. The molecule has 0 N–H and O–H groups in total. The predicted molar refractivity (Wildman–Crippen MR) is 60.4 cm³/mol. The highest BCUT2D eigenvalue weighted by Crippen LogP contribution is 2.06. The Labute approximate surface area is 89.0 Å². The van der Waals surface area contributed by atoms with E-state index in [2.05, 4.69) is 13.8 Å². The molecule has 0 amide bonds. The van der Waals surface area contributed by atoms with Crippen molar-refractivity contribution in [2.45, 2.75) is 65.1 Å². The van der Waals surface area contributed by atoms with Crippen molar-refractivity contribution in [2.24, 2.45) is 0 Å². The highest BCUT2D eigenvalue weighted by molar-refractivity contribution is 4.45. The van der Waals surface area contributed by atoms with Crippen molar-refractivity contribution in [3.8, 4) is 0 Å². The molecular weight excluding hydrogens is 176 g/mol. The Balaban J connectivity index is 3.15. The van der Waals surface area contributed by atoms with E-state index in [1.807, 2.05) is 0 Å². The van der Waals surface area contributed by atoms with E-state index in [9.17, 15) is 0 Å². The zero-order valence-corrected chi connectivity index (χ0v) is 10.1. The summed E-state index contributed by atoms with van der Waals surface area (Å²) in [5, 5.41) is 0. The van der Waals surface area contributed by atoms with Gasteiger partial charge >= 0.3 is 0 Å². The van der Waals surface area contributed by atoms with Crippen LogP contribution in [0.5, 0.6) is 0 Å². The van der Waals surface area contributed by atoms with Gasteiger partial charge in [-0.15, -0.1) is 0 Å². The largest absolute Gasteiger partial charge is 0.356 e. The fraction of sp³-hybridized carbons (Fsp3) is 1.00. The Kier molecular flexibility index (Phi) is 10.9. The van der Waals surface area contributed by atoms with Gasteiger partial charge in [-0.3, -0.25) is 0 Å². The smallest absolute Gasteiger partial charge is 0.157 e. The maximum absolute atomic E-state index is 5.59. The molecule has 0 aromatic carbocycles. The van der Waals surface area contributed by atoms with E-state index in [-0.39, 0.29) is 6.29 Å². The summed E-state index contributed by atoms with van der Waals surface area (Å²) in [6.07, 6.45) is 8.59. The molecule has 2 heteroatoms. The second-order valence-electron chi connectivity index (χ2n) is 3.74. The van der Waals surface area contributed by atoms with Crippen molar-refractivity contribution in [1.82, 2.24) is 0 Å². The molecule has 0 fully saturated rings. The molecule has 0 bridgehead atoms. The molecule has 0 aromatic rings. The molecule has 2 nitrogen and oxygen atoms in total. The minimum Gasteiger partial charge on any atom is -0.356 e. The molecule has 0 rings (SSSR count). The van der Waals surface area contributed by atoms with E-state index in [0.29, 0.717) is 0 Å². The van der Waals surface area contributed by atoms with Gasteiger partial charge in [-0.2, -0.15) is 0 Å². The number of hydrogen-bond acceptors (Lipinski definition) is 2. The molecule has 86 valence electrons. The van der Waals surface area contributed by atoms with Crippen molar-refractivity contribution >= 4 is 0 Å². The van der Waals surface area contributed by atoms with Crippen molar-refractivity contribution in [3.05, 3.63) is 0 Å². The zero-order valence-electron chi connectivity index (χ0n) is 10.1. The van der Waals surface area contributed by atoms with Gasteiger partial charge < -0.3 is 9.47 Å². The molecule has 0 aromatic heterocycles. The van der Waals surface area contributed by atoms with Crippen LogP contribution in [0.15, 0.2) is 0 Å². The van der Waals surface area contributed by atoms with Gasteiger partial charge in [0, 0.05) is 13.7 Å². The number of unbranched alkanes of at least 4 members (excludes halogenated alkanes) is 4. The minimum absolute atomic E-state index is 0.0196. The topological polar surface area (TPSA) is 18.5 Å². The third-order valence-corrected chi connectivity index (χ3v) is 2.34. The summed E-state index contributed by atoms with van der Waals surface area (Å²) in [6.45, 7) is 5.23. The highest BCUT2D eigenvalue weighted by atomic mass is 16.7. The van der Waals surface area contributed by atoms with E-state index < -0.39 is 0 Å². The Morgan fingerprint density at radius 3 is 2.21 bits per heavy atom. The Bertz CT molecular complexity index is 104. The van der Waals surface area contributed by atoms with Crippen LogP contribution in [0.4, 0.5) is 0 Å². The van der Waals surface area contributed by atoms with Gasteiger partial charge in [0.15, 0.2) is 6.29 Å². The molecule has 0 saturated heterocycles. The van der Waals surface area contributed by atoms with Crippen molar-refractivity contribution in [2.75, 3.05) is 13.7 Å². The Hall–Kier alpha value is -0.0800. The molecule has 0 radical (unpaired) electrons. The normalized spacial score (nSPS) is 13.1. The average molecular weight is 202 g/mol. The van der Waals surface area contributed by atoms with E-state index in [1.165, 1.54) is 32.1 Å². The second-order valence-corrected chi connectivity index (χ2v) is 3.74. The zero-order chi connectivity index (χ0) is 10.6. The number of methoxy groups -OCH3 is 1. The van der Waals surface area contributed by atoms with Gasteiger partial charge in [0.1, 0.15) is 0 Å². The minimum atomic E-state index is 0.0196. The molecule has 0 saturated carbocycles. The third kappa shape index (κ3) is 8.52. The van der Waals surface area contributed by atoms with E-state index in [4.69, 9.17) is 9.47 Å². The number of ether oxygens (including phenoxy) is 2. The second kappa shape index (κ2) is 11.0. The quantitative estimate of drug-likeness (QED) is 0.397. The highest BCUT2D eigenvalue weighted by Gasteiger charge is 2.04. The van der Waals surface area contributed by atoms with Crippen molar-refractivity contribution in [3.63, 3.8) is 0 Å². The molecule has 1 atom stereocenters. The fourth-order valence-electron chi connectivity index (χ4n) is 1.43. The fourth-order valence-corrected chi connectivity index (χ4v) is 1.43. The van der Waals surface area contributed by atoms with Gasteiger partial charge in [-0.05, 0) is 12.8 Å². The lowest BCUT2D eigenvalue weighted by Crippen LogP contribution is -2.15. The standard InChI is InChI=1S/C12H26O2/c1-4-6-7-8-9-11-14-12(13-3)10-5-2/h12H,4-11H2,1-3H3. The first-order valence-electron chi connectivity index (χ1n) is 5.99. The maximum Gasteiger partial charge on any atom is 0.157 e. The van der Waals surface area contributed by atoms with Crippen LogP contribution in [0.25, 0.3) is 0 Å². The van der Waals surface area contributed by atoms with Gasteiger partial charge in [-0.25, -0.2) is 0 Å². The van der Waals surface area contributed by atoms with Crippen LogP contribution in [0.3, 0.4) is 0 Å². The summed E-state index contributed by atoms with van der Waals surface area (Å²) < 4.78 is 10.8. The van der Waals surface area contributed by atoms with Gasteiger partial charge in [0.2, 0.25) is 0 Å². The first-order valence-corrected chi connectivity index (χ1v) is 5.99. The molecule has 0 spiro atoms. The maximum atomic E-state index is 5.59. The summed E-state index contributed by atoms with van der Waals surface area (Å²) in [5.74, 6) is 0. The van der Waals surface area contributed by atoms with Gasteiger partial charge in [0.05, 0.1) is 0 Å². The lowest BCUT2D eigenvalue weighted by Gasteiger charge is -2.14. The average Bonchev–Trinajstić information content (AvgIpc) is 2.21. The molecule has 14 heavy (non-hydrogen) atoms. The van der Waals surface area contributed by atoms with E-state index >= 15 is 0 Å². The predicted octanol–water partition coefficient (Wildman–Crippen LogP) is 3.75. The van der Waals surface area contributed by atoms with E-state index in [0.717, 1.165) is 19.4 Å². The van der Waals surface area contributed by atoms with Gasteiger partial charge in [0.25, 0.3) is 0 Å². The summed E-state index contributed by atoms with van der Waals surface area (Å²) in [7, 11) is 1.72. The molecule has 0 aliphatic rings. The van der Waals surface area contributed by atoms with Crippen LogP contribution < -0.4 is 0 Å². The van der Waals surface area contributed by atoms with Crippen molar-refractivity contribution in [1.29, 1.82) is 0 Å². The van der Waals surface area contributed by atoms with Gasteiger partial charge in [-0.1, -0.05) is 46.0 Å². The third-order valence-electron chi connectivity index (χ3n) is 2.34. The lowest BCUT2D eigenvalue weighted by molar-refractivity contribution is -0.128. The first-order chi connectivity index (χ1) is 6.85. The van der Waals surface area contributed by atoms with Crippen molar-refractivity contribution < 1.29 is 9.47 Å². The molecular formula is C12H26O2. The van der Waals surface area contributed by atoms with Crippen LogP contribution >= 0.6 is 0 Å².